The molecule has 1 aromatic carbocycles. The summed E-state index contributed by atoms with van der Waals surface area (Å²) in [5.41, 5.74) is 6.74. The Kier molecular flexibility index (Phi) is 5.26. The summed E-state index contributed by atoms with van der Waals surface area (Å²) in [6, 6.07) is 5.71. The lowest BCUT2D eigenvalue weighted by molar-refractivity contribution is 0.221. The highest BCUT2D eigenvalue weighted by atomic mass is 32.2. The summed E-state index contributed by atoms with van der Waals surface area (Å²) in [5, 5.41) is 0. The van der Waals surface area contributed by atoms with Gasteiger partial charge >= 0.3 is 0 Å². The standard InChI is InChI=1S/C15H19FN2S/c1-12-11-19-8-7-18(12)10-14-5-4-13(3-2-6-17)9-15(14)16/h4-5,9,12H,6-8,10-11,17H2,1H3. The zero-order chi connectivity index (χ0) is 13.7. The highest BCUT2D eigenvalue weighted by Crippen LogP contribution is 2.20. The summed E-state index contributed by atoms with van der Waals surface area (Å²) in [7, 11) is 0. The fourth-order valence-electron chi connectivity index (χ4n) is 2.12. The van der Waals surface area contributed by atoms with Crippen LogP contribution in [0.2, 0.25) is 0 Å². The summed E-state index contributed by atoms with van der Waals surface area (Å²) >= 11 is 1.97. The average molecular weight is 278 g/mol. The van der Waals surface area contributed by atoms with Gasteiger partial charge in [0.05, 0.1) is 6.54 Å². The molecule has 1 aromatic rings. The van der Waals surface area contributed by atoms with Crippen molar-refractivity contribution < 1.29 is 4.39 Å². The minimum absolute atomic E-state index is 0.172. The maximum atomic E-state index is 14.0. The van der Waals surface area contributed by atoms with E-state index in [0.717, 1.165) is 23.6 Å². The molecule has 0 radical (unpaired) electrons. The average Bonchev–Trinajstić information content (AvgIpc) is 2.41. The van der Waals surface area contributed by atoms with E-state index < -0.39 is 0 Å². The van der Waals surface area contributed by atoms with Crippen LogP contribution in [0.5, 0.6) is 0 Å². The third kappa shape index (κ3) is 3.97. The molecule has 1 atom stereocenters. The van der Waals surface area contributed by atoms with Gasteiger partial charge in [0.25, 0.3) is 0 Å². The van der Waals surface area contributed by atoms with Crippen LogP contribution in [-0.2, 0) is 6.54 Å². The SMILES string of the molecule is CC1CSCCN1Cc1ccc(C#CCN)cc1F. The molecule has 2 N–H and O–H groups in total. The van der Waals surface area contributed by atoms with E-state index in [1.165, 1.54) is 6.07 Å². The van der Waals surface area contributed by atoms with Gasteiger partial charge in [-0.2, -0.15) is 11.8 Å². The summed E-state index contributed by atoms with van der Waals surface area (Å²) in [5.74, 6) is 7.68. The van der Waals surface area contributed by atoms with Crippen LogP contribution < -0.4 is 5.73 Å². The number of hydrogen-bond acceptors (Lipinski definition) is 3. The van der Waals surface area contributed by atoms with Gasteiger partial charge in [-0.05, 0) is 19.1 Å². The lowest BCUT2D eigenvalue weighted by atomic mass is 10.1. The zero-order valence-electron chi connectivity index (χ0n) is 11.2. The fourth-order valence-corrected chi connectivity index (χ4v) is 3.20. The number of thioether (sulfide) groups is 1. The highest BCUT2D eigenvalue weighted by Gasteiger charge is 2.19. The van der Waals surface area contributed by atoms with Crippen molar-refractivity contribution in [2.75, 3.05) is 24.6 Å². The molecule has 1 saturated heterocycles. The molecule has 4 heteroatoms. The molecule has 1 unspecified atom stereocenters. The van der Waals surface area contributed by atoms with Crippen LogP contribution in [0.15, 0.2) is 18.2 Å². The molecule has 1 fully saturated rings. The van der Waals surface area contributed by atoms with Gasteiger partial charge < -0.3 is 5.73 Å². The second-order valence-electron chi connectivity index (χ2n) is 4.71. The summed E-state index contributed by atoms with van der Waals surface area (Å²) in [6.45, 7) is 4.20. The Labute approximate surface area is 118 Å². The topological polar surface area (TPSA) is 29.3 Å². The quantitative estimate of drug-likeness (QED) is 0.840. The number of benzene rings is 1. The molecule has 2 rings (SSSR count). The molecule has 1 aliphatic rings. The lowest BCUT2D eigenvalue weighted by Crippen LogP contribution is -2.39. The van der Waals surface area contributed by atoms with E-state index in [2.05, 4.69) is 23.7 Å². The number of halogens is 1. The van der Waals surface area contributed by atoms with Crippen LogP contribution in [0, 0.1) is 17.7 Å². The summed E-state index contributed by atoms with van der Waals surface area (Å²) in [6.07, 6.45) is 0. The number of hydrogen-bond donors (Lipinski definition) is 1. The predicted molar refractivity (Wildman–Crippen MR) is 79.5 cm³/mol. The molecule has 2 nitrogen and oxygen atoms in total. The molecule has 0 amide bonds. The van der Waals surface area contributed by atoms with Crippen LogP contribution in [0.3, 0.4) is 0 Å². The first-order valence-electron chi connectivity index (χ1n) is 6.50. The van der Waals surface area contributed by atoms with Crippen LogP contribution >= 0.6 is 11.8 Å². The first-order chi connectivity index (χ1) is 9.20. The van der Waals surface area contributed by atoms with Gasteiger partial charge in [-0.1, -0.05) is 17.9 Å². The summed E-state index contributed by atoms with van der Waals surface area (Å²) < 4.78 is 14.0. The van der Waals surface area contributed by atoms with Gasteiger partial charge in [0.2, 0.25) is 0 Å². The maximum absolute atomic E-state index is 14.0. The maximum Gasteiger partial charge on any atom is 0.128 e. The van der Waals surface area contributed by atoms with Gasteiger partial charge in [-0.15, -0.1) is 0 Å². The van der Waals surface area contributed by atoms with Crippen molar-refractivity contribution in [3.05, 3.63) is 35.1 Å². The Morgan fingerprint density at radius 3 is 3.05 bits per heavy atom. The van der Waals surface area contributed by atoms with Crippen molar-refractivity contribution in [2.24, 2.45) is 5.73 Å². The van der Waals surface area contributed by atoms with Crippen molar-refractivity contribution in [2.45, 2.75) is 19.5 Å². The van der Waals surface area contributed by atoms with Crippen molar-refractivity contribution in [3.63, 3.8) is 0 Å². The predicted octanol–water partition coefficient (Wildman–Crippen LogP) is 2.07. The molecule has 0 aromatic heterocycles. The second-order valence-corrected chi connectivity index (χ2v) is 5.86. The molecular weight excluding hydrogens is 259 g/mol. The van der Waals surface area contributed by atoms with Gasteiger partial charge in [-0.25, -0.2) is 4.39 Å². The van der Waals surface area contributed by atoms with Gasteiger partial charge in [0, 0.05) is 41.8 Å². The van der Waals surface area contributed by atoms with E-state index in [-0.39, 0.29) is 5.82 Å². The third-order valence-corrected chi connectivity index (χ3v) is 4.46. The third-order valence-electron chi connectivity index (χ3n) is 3.27. The minimum Gasteiger partial charge on any atom is -0.320 e. The smallest absolute Gasteiger partial charge is 0.128 e. The Hall–Kier alpha value is -1.02. The molecule has 0 bridgehead atoms. The van der Waals surface area contributed by atoms with E-state index in [0.29, 0.717) is 24.7 Å². The molecule has 1 aliphatic heterocycles. The Morgan fingerprint density at radius 1 is 1.53 bits per heavy atom. The molecule has 0 saturated carbocycles. The number of nitrogens with two attached hydrogens (primary N) is 1. The zero-order valence-corrected chi connectivity index (χ0v) is 12.0. The largest absolute Gasteiger partial charge is 0.320 e. The van der Waals surface area contributed by atoms with E-state index >= 15 is 0 Å². The Morgan fingerprint density at radius 2 is 2.37 bits per heavy atom. The molecule has 1 heterocycles. The van der Waals surface area contributed by atoms with Crippen molar-refractivity contribution in [1.29, 1.82) is 0 Å². The molecule has 102 valence electrons. The minimum atomic E-state index is -0.172. The second kappa shape index (κ2) is 6.95. The number of rotatable bonds is 2. The van der Waals surface area contributed by atoms with Gasteiger partial charge in [-0.3, -0.25) is 4.90 Å². The lowest BCUT2D eigenvalue weighted by Gasteiger charge is -2.33. The Bertz CT molecular complexity index is 493. The van der Waals surface area contributed by atoms with Crippen molar-refractivity contribution in [1.82, 2.24) is 4.90 Å². The Balaban J connectivity index is 2.08. The van der Waals surface area contributed by atoms with Crippen LogP contribution in [0.1, 0.15) is 18.1 Å². The van der Waals surface area contributed by atoms with E-state index in [1.54, 1.807) is 0 Å². The van der Waals surface area contributed by atoms with Crippen molar-refractivity contribution >= 4 is 11.8 Å². The summed E-state index contributed by atoms with van der Waals surface area (Å²) in [4.78, 5) is 2.33. The van der Waals surface area contributed by atoms with Crippen molar-refractivity contribution in [3.8, 4) is 11.8 Å². The number of nitrogens with zero attached hydrogens (tertiary/aromatic N) is 1. The molecule has 0 spiro atoms. The first-order valence-corrected chi connectivity index (χ1v) is 7.65. The van der Waals surface area contributed by atoms with E-state index in [9.17, 15) is 4.39 Å². The fraction of sp³-hybridized carbons (Fsp3) is 0.467. The first kappa shape index (κ1) is 14.4. The van der Waals surface area contributed by atoms with E-state index in [1.807, 2.05) is 23.9 Å². The monoisotopic (exact) mass is 278 g/mol. The highest BCUT2D eigenvalue weighted by molar-refractivity contribution is 7.99. The van der Waals surface area contributed by atoms with Crippen LogP contribution in [-0.4, -0.2) is 35.5 Å². The van der Waals surface area contributed by atoms with Gasteiger partial charge in [0.1, 0.15) is 5.82 Å². The molecule has 19 heavy (non-hydrogen) atoms. The van der Waals surface area contributed by atoms with Gasteiger partial charge in [0.15, 0.2) is 0 Å². The van der Waals surface area contributed by atoms with E-state index in [4.69, 9.17) is 5.73 Å². The van der Waals surface area contributed by atoms with Crippen LogP contribution in [0.25, 0.3) is 0 Å². The molecule has 0 aliphatic carbocycles. The molecular formula is C15H19FN2S. The normalized spacial score (nSPS) is 19.8. The van der Waals surface area contributed by atoms with Crippen LogP contribution in [0.4, 0.5) is 4.39 Å².